The number of benzene rings is 8. The number of aromatic nitrogens is 12. The van der Waals surface area contributed by atoms with Crippen LogP contribution in [0.4, 0.5) is 0 Å². The molecule has 100 heavy (non-hydrogen) atoms. The average Bonchev–Trinajstić information content (AvgIpc) is 1.43. The number of nitrogens with one attached hydrogen (secondary N) is 2. The van der Waals surface area contributed by atoms with E-state index in [9.17, 15) is 51.9 Å². The Balaban J connectivity index is 0.897. The standard InChI is InChI=1S/C68H38N12O16S4/c81-97(82,83)53-21-17-49(57-41(53)5-1-25-69-57)93-33-9-13-37-45(29-33)65-73-61(37)78-66-47-31-35(95-51-19-23-55(99(87,88)89)43-7-3-27-71-59(43)51)11-15-39(47)63(75-66)80-68-48-32-36(96-52-20-24-56(100(90,91)92)44-8-4-28-72-60(44)52)12-16-40(48)64(76-68)79-67-46-30-34(10-14-38(46)62(74-67)77-65)94-50-18-22-54(98(84,85)86)42-6-2-26-70-58(42)50/h1-32H,(H,81,82,83)(H,84,85,86)(H,87,88,89)(H,90,91,92)(H2,73,74,75,76,77,78,79,80). The summed E-state index contributed by atoms with van der Waals surface area (Å²) in [6.07, 6.45) is 5.78. The fourth-order valence-corrected chi connectivity index (χ4v) is 14.9. The van der Waals surface area contributed by atoms with Gasteiger partial charge in [-0.15, -0.1) is 0 Å². The van der Waals surface area contributed by atoms with Crippen molar-refractivity contribution in [1.29, 1.82) is 0 Å². The molecule has 0 unspecified atom stereocenters. The van der Waals surface area contributed by atoms with Crippen molar-refractivity contribution in [3.63, 3.8) is 0 Å². The number of rotatable bonds is 12. The number of ether oxygens (including phenoxy) is 4. The summed E-state index contributed by atoms with van der Waals surface area (Å²) >= 11 is 0. The molecule has 0 saturated heterocycles. The maximum atomic E-state index is 12.5. The SMILES string of the molecule is O=S(=O)(O)c1ccc(Oc2ccc3c(c2)-c2nc-3nc3[nH]c(nc4nc(nc5[nH]c(n2)c2ccc(Oc6ccc(S(=O)(=O)O)c7cccnc67)cc52)-c2ccc(Oc5ccc(S(=O)(=O)O)c6cccnc56)cc2-4)c2ccc(Oc4ccc(S(=O)(=O)O)c5cccnc45)cc32)c2ncccc12. The summed E-state index contributed by atoms with van der Waals surface area (Å²) in [6.45, 7) is 0. The van der Waals surface area contributed by atoms with Crippen molar-refractivity contribution in [2.75, 3.05) is 0 Å². The molecule has 0 amide bonds. The fraction of sp³-hybridized carbons (Fsp3) is 0. The van der Waals surface area contributed by atoms with Crippen LogP contribution in [-0.4, -0.2) is 112 Å². The number of nitrogens with zero attached hydrogens (tertiary/aromatic N) is 10. The molecule has 8 bridgehead atoms. The van der Waals surface area contributed by atoms with Crippen LogP contribution in [-0.2, 0) is 40.5 Å². The van der Waals surface area contributed by atoms with Crippen LogP contribution >= 0.6 is 0 Å². The van der Waals surface area contributed by atoms with Gasteiger partial charge in [0.15, 0.2) is 46.3 Å². The summed E-state index contributed by atoms with van der Waals surface area (Å²) in [7, 11) is -18.7. The van der Waals surface area contributed by atoms with Crippen LogP contribution in [0.25, 0.3) is 133 Å². The molecule has 0 aliphatic carbocycles. The first kappa shape index (κ1) is 61.2. The Labute approximate surface area is 561 Å². The van der Waals surface area contributed by atoms with E-state index in [0.29, 0.717) is 43.8 Å². The Kier molecular flexibility index (Phi) is 13.8. The highest BCUT2D eigenvalue weighted by atomic mass is 32.2. The van der Waals surface area contributed by atoms with Crippen LogP contribution in [0.5, 0.6) is 46.0 Å². The molecule has 2 aliphatic heterocycles. The number of H-pyrrole nitrogens is 2. The van der Waals surface area contributed by atoms with Gasteiger partial charge in [0.2, 0.25) is 0 Å². The van der Waals surface area contributed by atoms with Crippen molar-refractivity contribution in [3.05, 3.63) is 195 Å². The van der Waals surface area contributed by atoms with E-state index >= 15 is 0 Å². The molecule has 0 radical (unpaired) electrons. The highest BCUT2D eigenvalue weighted by molar-refractivity contribution is 7.86. The van der Waals surface area contributed by atoms with E-state index in [-0.39, 0.29) is 155 Å². The fourth-order valence-electron chi connectivity index (χ4n) is 12.2. The molecule has 6 N–H and O–H groups in total. The lowest BCUT2D eigenvalue weighted by atomic mass is 10.1. The predicted molar refractivity (Wildman–Crippen MR) is 363 cm³/mol. The molecule has 32 heteroatoms. The largest absolute Gasteiger partial charge is 0.455 e. The monoisotopic (exact) mass is 1410 g/mol. The summed E-state index contributed by atoms with van der Waals surface area (Å²) in [6, 6.07) is 42.3. The number of hydrogen-bond donors (Lipinski definition) is 6. The van der Waals surface area contributed by atoms with Crippen LogP contribution in [0.3, 0.4) is 0 Å². The van der Waals surface area contributed by atoms with Gasteiger partial charge >= 0.3 is 0 Å². The molecule has 17 rings (SSSR count). The van der Waals surface area contributed by atoms with Crippen LogP contribution in [0.15, 0.2) is 214 Å². The van der Waals surface area contributed by atoms with E-state index in [2.05, 4.69) is 29.9 Å². The second kappa shape index (κ2) is 22.6. The lowest BCUT2D eigenvalue weighted by molar-refractivity contribution is 0.479. The van der Waals surface area contributed by atoms with Gasteiger partial charge in [-0.25, -0.2) is 29.9 Å². The molecule has 2 aliphatic rings. The first-order valence-electron chi connectivity index (χ1n) is 29.5. The number of hydrogen-bond acceptors (Lipinski definition) is 22. The molecular formula is C68H38N12O16S4. The van der Waals surface area contributed by atoms with Gasteiger partial charge in [0.1, 0.15) is 87.2 Å². The van der Waals surface area contributed by atoms with Crippen molar-refractivity contribution in [2.45, 2.75) is 19.6 Å². The van der Waals surface area contributed by atoms with E-state index in [0.717, 1.165) is 0 Å². The summed E-state index contributed by atoms with van der Waals surface area (Å²) in [5.41, 5.74) is 2.98. The van der Waals surface area contributed by atoms with Crippen LogP contribution in [0.2, 0.25) is 0 Å². The zero-order valence-corrected chi connectivity index (χ0v) is 53.5. The van der Waals surface area contributed by atoms with E-state index in [4.69, 9.17) is 48.9 Å². The van der Waals surface area contributed by atoms with Crippen LogP contribution in [0.1, 0.15) is 0 Å². The third-order valence-electron chi connectivity index (χ3n) is 16.5. The number of fused-ring (bicyclic) bond motifs is 24. The third kappa shape index (κ3) is 10.7. The van der Waals surface area contributed by atoms with Gasteiger partial charge < -0.3 is 28.9 Å². The zero-order valence-electron chi connectivity index (χ0n) is 50.3. The van der Waals surface area contributed by atoms with Crippen molar-refractivity contribution < 1.29 is 70.8 Å². The molecule has 9 heterocycles. The second-order valence-electron chi connectivity index (χ2n) is 22.6. The molecule has 7 aromatic heterocycles. The van der Waals surface area contributed by atoms with Gasteiger partial charge in [0, 0.05) is 90.1 Å². The molecule has 0 atom stereocenters. The highest BCUT2D eigenvalue weighted by Crippen LogP contribution is 2.45. The smallest absolute Gasteiger partial charge is 0.295 e. The minimum atomic E-state index is -4.68. The quantitative estimate of drug-likeness (QED) is 0.0619. The maximum absolute atomic E-state index is 12.5. The molecule has 15 aromatic rings. The van der Waals surface area contributed by atoms with E-state index in [1.54, 1.807) is 72.8 Å². The molecular weight excluding hydrogens is 1370 g/mol. The summed E-state index contributed by atoms with van der Waals surface area (Å²) in [5, 5.41) is 2.18. The maximum Gasteiger partial charge on any atom is 0.295 e. The second-order valence-corrected chi connectivity index (χ2v) is 28.2. The predicted octanol–water partition coefficient (Wildman–Crippen LogP) is 13.2. The number of pyridine rings is 4. The lowest BCUT2D eigenvalue weighted by Gasteiger charge is -2.11. The van der Waals surface area contributed by atoms with Crippen molar-refractivity contribution in [3.8, 4) is 91.5 Å². The zero-order chi connectivity index (χ0) is 68.7. The Bertz CT molecular complexity index is 6440. The van der Waals surface area contributed by atoms with Crippen LogP contribution < -0.4 is 18.9 Å². The average molecular weight is 1410 g/mol. The molecule has 0 saturated carbocycles. The first-order valence-corrected chi connectivity index (χ1v) is 35.3. The van der Waals surface area contributed by atoms with Gasteiger partial charge in [-0.05, 0) is 170 Å². The summed E-state index contributed by atoms with van der Waals surface area (Å²) < 4.78 is 166. The van der Waals surface area contributed by atoms with Gasteiger partial charge in [-0.3, -0.25) is 38.1 Å². The summed E-state index contributed by atoms with van der Waals surface area (Å²) in [4.78, 5) is 53.8. The van der Waals surface area contributed by atoms with E-state index in [1.807, 2.05) is 0 Å². The van der Waals surface area contributed by atoms with Gasteiger partial charge in [-0.2, -0.15) is 33.7 Å². The van der Waals surface area contributed by atoms with Crippen molar-refractivity contribution in [1.82, 2.24) is 59.8 Å². The molecule has 490 valence electrons. The normalized spacial score (nSPS) is 12.5. The van der Waals surface area contributed by atoms with E-state index in [1.165, 1.54) is 122 Å². The summed E-state index contributed by atoms with van der Waals surface area (Å²) in [5.74, 6) is 1.90. The van der Waals surface area contributed by atoms with Gasteiger partial charge in [-0.1, -0.05) is 0 Å². The minimum Gasteiger partial charge on any atom is -0.455 e. The molecule has 0 fully saturated rings. The van der Waals surface area contributed by atoms with E-state index < -0.39 is 40.5 Å². The minimum absolute atomic E-state index is 0.0985. The number of aromatic amines is 2. The Hall–Kier alpha value is -12.4. The van der Waals surface area contributed by atoms with Crippen molar-refractivity contribution >= 4 is 128 Å². The molecule has 8 aromatic carbocycles. The first-order chi connectivity index (χ1) is 48.0. The molecule has 28 nitrogen and oxygen atoms in total. The lowest BCUT2D eigenvalue weighted by Crippen LogP contribution is -2.00. The highest BCUT2D eigenvalue weighted by Gasteiger charge is 2.28. The van der Waals surface area contributed by atoms with Gasteiger partial charge in [0.25, 0.3) is 40.5 Å². The molecule has 0 spiro atoms. The van der Waals surface area contributed by atoms with Crippen LogP contribution in [0, 0.1) is 0 Å². The topological polar surface area (TPSA) is 415 Å². The Morgan fingerprint density at radius 1 is 0.270 bits per heavy atom. The van der Waals surface area contributed by atoms with Gasteiger partial charge in [0.05, 0.1) is 0 Å². The van der Waals surface area contributed by atoms with Crippen molar-refractivity contribution in [2.24, 2.45) is 0 Å². The Morgan fingerprint density at radius 2 is 0.540 bits per heavy atom. The Morgan fingerprint density at radius 3 is 0.840 bits per heavy atom. The third-order valence-corrected chi connectivity index (χ3v) is 20.2.